The summed E-state index contributed by atoms with van der Waals surface area (Å²) in [5, 5.41) is 1.92. The van der Waals surface area contributed by atoms with E-state index in [1.54, 1.807) is 0 Å². The summed E-state index contributed by atoms with van der Waals surface area (Å²) in [5.74, 6) is 0.0725. The van der Waals surface area contributed by atoms with Crippen LogP contribution >= 0.6 is 11.6 Å². The molecule has 0 N–H and O–H groups in total. The highest BCUT2D eigenvalue weighted by Crippen LogP contribution is 2.41. The first-order valence-electron chi connectivity index (χ1n) is 8.76. The molecule has 126 valence electrons. The maximum absolute atomic E-state index is 13.4. The molecule has 3 nitrogen and oxygen atoms in total. The van der Waals surface area contributed by atoms with Gasteiger partial charge >= 0.3 is 0 Å². The molecular weight excluding hydrogens is 332 g/mol. The van der Waals surface area contributed by atoms with E-state index in [0.717, 1.165) is 47.4 Å². The van der Waals surface area contributed by atoms with Gasteiger partial charge in [0.15, 0.2) is 0 Å². The Morgan fingerprint density at radius 3 is 2.76 bits per heavy atom. The van der Waals surface area contributed by atoms with E-state index in [2.05, 4.69) is 24.1 Å². The molecule has 3 heterocycles. The number of carbonyl (C=O) groups excluding carboxylic acids is 1. The fraction of sp³-hybridized carbons (Fsp3) is 0.286. The Hall–Kier alpha value is -2.10. The number of hydrogen-bond donors (Lipinski definition) is 0. The van der Waals surface area contributed by atoms with Crippen LogP contribution < -0.4 is 0 Å². The number of fused-ring (bicyclic) bond motifs is 3. The lowest BCUT2D eigenvalue weighted by molar-refractivity contribution is 0.0871. The molecule has 1 aromatic heterocycles. The summed E-state index contributed by atoms with van der Waals surface area (Å²) in [4.78, 5) is 15.7. The monoisotopic (exact) mass is 350 g/mol. The van der Waals surface area contributed by atoms with E-state index in [-0.39, 0.29) is 11.8 Å². The second-order valence-corrected chi connectivity index (χ2v) is 7.65. The van der Waals surface area contributed by atoms with Gasteiger partial charge in [0.05, 0.1) is 11.4 Å². The first-order chi connectivity index (χ1) is 12.1. The summed E-state index contributed by atoms with van der Waals surface area (Å²) < 4.78 is 2.00. The minimum atomic E-state index is -0.133. The zero-order valence-corrected chi connectivity index (χ0v) is 14.9. The average molecular weight is 351 g/mol. The normalized spacial score (nSPS) is 20.1. The van der Waals surface area contributed by atoms with Crippen LogP contribution in [0.25, 0.3) is 10.9 Å². The third-order valence-corrected chi connectivity index (χ3v) is 5.84. The van der Waals surface area contributed by atoms with Crippen molar-refractivity contribution >= 4 is 28.4 Å². The molecule has 3 aromatic rings. The number of hydrogen-bond acceptors (Lipinski definition) is 2. The molecule has 0 saturated heterocycles. The summed E-state index contributed by atoms with van der Waals surface area (Å²) in [5.41, 5.74) is 5.81. The van der Waals surface area contributed by atoms with E-state index < -0.39 is 0 Å². The molecule has 2 aliphatic rings. The highest BCUT2D eigenvalue weighted by Gasteiger charge is 2.35. The van der Waals surface area contributed by atoms with Crippen molar-refractivity contribution in [1.29, 1.82) is 0 Å². The third-order valence-electron chi connectivity index (χ3n) is 5.62. The molecule has 5 rings (SSSR count). The van der Waals surface area contributed by atoms with Crippen molar-refractivity contribution in [3.05, 3.63) is 69.9 Å². The van der Waals surface area contributed by atoms with Crippen LogP contribution in [-0.2, 0) is 19.4 Å². The lowest BCUT2D eigenvalue weighted by atomic mass is 9.88. The molecule has 1 atom stereocenters. The Labute approximate surface area is 151 Å². The van der Waals surface area contributed by atoms with Gasteiger partial charge in [-0.3, -0.25) is 9.36 Å². The maximum Gasteiger partial charge on any atom is 0.239 e. The van der Waals surface area contributed by atoms with E-state index in [0.29, 0.717) is 0 Å². The van der Waals surface area contributed by atoms with E-state index in [1.807, 2.05) is 34.9 Å². The Balaban J connectivity index is 1.78. The van der Waals surface area contributed by atoms with Gasteiger partial charge in [0.25, 0.3) is 0 Å². The number of halogens is 1. The number of rotatable bonds is 1. The van der Waals surface area contributed by atoms with Crippen LogP contribution in [0.3, 0.4) is 0 Å². The van der Waals surface area contributed by atoms with Crippen LogP contribution in [0, 0.1) is 0 Å². The SMILES string of the molecule is CN1CCc2c(c3cc(Cl)cc4c3n2C(=O)C(c2ccccc2)C4)C1. The van der Waals surface area contributed by atoms with Crippen LogP contribution in [0.15, 0.2) is 42.5 Å². The van der Waals surface area contributed by atoms with Crippen molar-refractivity contribution in [3.63, 3.8) is 0 Å². The molecule has 4 heteroatoms. The average Bonchev–Trinajstić information content (AvgIpc) is 2.93. The van der Waals surface area contributed by atoms with E-state index in [9.17, 15) is 4.79 Å². The summed E-state index contributed by atoms with van der Waals surface area (Å²) >= 11 is 6.44. The molecule has 0 saturated carbocycles. The zero-order chi connectivity index (χ0) is 17.1. The van der Waals surface area contributed by atoms with Gasteiger partial charge < -0.3 is 4.90 Å². The van der Waals surface area contributed by atoms with Crippen LogP contribution in [0.4, 0.5) is 0 Å². The molecule has 0 bridgehead atoms. The second kappa shape index (κ2) is 5.45. The lowest BCUT2D eigenvalue weighted by Crippen LogP contribution is -2.31. The standard InChI is InChI=1S/C21H19ClN2O/c1-23-8-7-19-18(12-23)17-11-15(22)9-14-10-16(13-5-3-2-4-6-13)21(25)24(19)20(14)17/h2-6,9,11,16H,7-8,10,12H2,1H3. The van der Waals surface area contributed by atoms with E-state index in [4.69, 9.17) is 11.6 Å². The Kier molecular flexibility index (Phi) is 3.31. The predicted molar refractivity (Wildman–Crippen MR) is 100 cm³/mol. The van der Waals surface area contributed by atoms with Crippen molar-refractivity contribution < 1.29 is 4.79 Å². The molecule has 0 aliphatic carbocycles. The molecule has 0 spiro atoms. The molecular formula is C21H19ClN2O. The van der Waals surface area contributed by atoms with Crippen molar-refractivity contribution in [3.8, 4) is 0 Å². The number of carbonyl (C=O) groups is 1. The number of likely N-dealkylation sites (N-methyl/N-ethyl adjacent to an activating group) is 1. The minimum absolute atomic E-state index is 0.133. The summed E-state index contributed by atoms with van der Waals surface area (Å²) in [6.45, 7) is 1.86. The largest absolute Gasteiger partial charge is 0.302 e. The second-order valence-electron chi connectivity index (χ2n) is 7.22. The maximum atomic E-state index is 13.4. The smallest absolute Gasteiger partial charge is 0.239 e. The molecule has 0 radical (unpaired) electrons. The fourth-order valence-corrected chi connectivity index (χ4v) is 4.71. The van der Waals surface area contributed by atoms with Crippen LogP contribution in [0.2, 0.25) is 5.02 Å². The Bertz CT molecular complexity index is 1010. The van der Waals surface area contributed by atoms with Gasteiger partial charge in [0.1, 0.15) is 0 Å². The van der Waals surface area contributed by atoms with Gasteiger partial charge in [-0.1, -0.05) is 41.9 Å². The zero-order valence-electron chi connectivity index (χ0n) is 14.1. The van der Waals surface area contributed by atoms with Crippen molar-refractivity contribution in [2.24, 2.45) is 0 Å². The number of benzene rings is 2. The quantitative estimate of drug-likeness (QED) is 0.655. The molecule has 2 aliphatic heterocycles. The van der Waals surface area contributed by atoms with Gasteiger partial charge in [-0.25, -0.2) is 0 Å². The Morgan fingerprint density at radius 2 is 1.96 bits per heavy atom. The summed E-state index contributed by atoms with van der Waals surface area (Å²) in [6.07, 6.45) is 1.63. The van der Waals surface area contributed by atoms with E-state index in [1.165, 1.54) is 16.8 Å². The van der Waals surface area contributed by atoms with Gasteiger partial charge in [0, 0.05) is 35.6 Å². The van der Waals surface area contributed by atoms with Crippen LogP contribution in [0.1, 0.15) is 33.1 Å². The van der Waals surface area contributed by atoms with Crippen molar-refractivity contribution in [2.45, 2.75) is 25.3 Å². The van der Waals surface area contributed by atoms with Gasteiger partial charge in [-0.2, -0.15) is 0 Å². The Morgan fingerprint density at radius 1 is 1.16 bits per heavy atom. The molecule has 1 unspecified atom stereocenters. The first kappa shape index (κ1) is 15.2. The summed E-state index contributed by atoms with van der Waals surface area (Å²) in [6, 6.07) is 14.2. The molecule has 0 fully saturated rings. The third kappa shape index (κ3) is 2.19. The highest BCUT2D eigenvalue weighted by molar-refractivity contribution is 6.31. The minimum Gasteiger partial charge on any atom is -0.302 e. The number of aromatic nitrogens is 1. The highest BCUT2D eigenvalue weighted by atomic mass is 35.5. The van der Waals surface area contributed by atoms with Crippen LogP contribution in [-0.4, -0.2) is 29.0 Å². The van der Waals surface area contributed by atoms with Crippen molar-refractivity contribution in [2.75, 3.05) is 13.6 Å². The molecule has 25 heavy (non-hydrogen) atoms. The predicted octanol–water partition coefficient (Wildman–Crippen LogP) is 4.26. The van der Waals surface area contributed by atoms with Gasteiger partial charge in [-0.05, 0) is 42.3 Å². The van der Waals surface area contributed by atoms with Gasteiger partial charge in [0.2, 0.25) is 5.91 Å². The lowest BCUT2D eigenvalue weighted by Gasteiger charge is -2.27. The van der Waals surface area contributed by atoms with Gasteiger partial charge in [-0.15, -0.1) is 0 Å². The topological polar surface area (TPSA) is 25.2 Å². The van der Waals surface area contributed by atoms with E-state index >= 15 is 0 Å². The van der Waals surface area contributed by atoms with Crippen molar-refractivity contribution in [1.82, 2.24) is 9.47 Å². The molecule has 2 aromatic carbocycles. The first-order valence-corrected chi connectivity index (χ1v) is 9.13. The summed E-state index contributed by atoms with van der Waals surface area (Å²) in [7, 11) is 2.13. The fourth-order valence-electron chi connectivity index (χ4n) is 4.47. The van der Waals surface area contributed by atoms with Crippen LogP contribution in [0.5, 0.6) is 0 Å². The molecule has 0 amide bonds. The number of nitrogens with zero attached hydrogens (tertiary/aromatic N) is 2.